The number of carbonyl (C=O) groups excluding carboxylic acids is 2. The normalized spacial score (nSPS) is 21.3. The first-order valence-electron chi connectivity index (χ1n) is 14.4. The van der Waals surface area contributed by atoms with E-state index in [4.69, 9.17) is 14.0 Å². The number of aromatic nitrogens is 1. The number of carbonyl (C=O) groups is 2. The average Bonchev–Trinajstić information content (AvgIpc) is 3.25. The summed E-state index contributed by atoms with van der Waals surface area (Å²) in [5.74, 6) is 0.710. The van der Waals surface area contributed by atoms with Crippen LogP contribution in [0.4, 0.5) is 16.2 Å². The van der Waals surface area contributed by atoms with Gasteiger partial charge in [-0.1, -0.05) is 12.1 Å². The van der Waals surface area contributed by atoms with E-state index in [1.807, 2.05) is 58.0 Å². The molecule has 11 nitrogen and oxygen atoms in total. The molecule has 2 heterocycles. The van der Waals surface area contributed by atoms with Gasteiger partial charge in [-0.3, -0.25) is 4.79 Å². The van der Waals surface area contributed by atoms with Crippen molar-refractivity contribution in [3.8, 4) is 5.75 Å². The van der Waals surface area contributed by atoms with E-state index >= 15 is 0 Å². The number of likely N-dealkylation sites (N-methyl/N-ethyl adjacent to an activating group) is 1. The summed E-state index contributed by atoms with van der Waals surface area (Å²) in [6, 6.07) is 4.90. The third-order valence-electron chi connectivity index (χ3n) is 7.62. The standard InChI is InChI=1S/C30H47N5O6/c1-19-16-35(20(2)18-36)29(37)25-15-24(33(6)7)12-13-26(25)40-21(3)11-9-10-14-39-27(19)17-34(8)30(38)31-28-22(4)32-41-23(28)5/h12-13,15,19-21,27,36H,9-11,14,16-18H2,1-8H3,(H,31,38)/t19-,20+,21-,27-/m1/s1. The molecule has 1 aromatic carbocycles. The van der Waals surface area contributed by atoms with E-state index in [-0.39, 0.29) is 36.7 Å². The number of aryl methyl sites for hydroxylation is 2. The van der Waals surface area contributed by atoms with Crippen LogP contribution in [-0.2, 0) is 4.74 Å². The van der Waals surface area contributed by atoms with Crippen LogP contribution in [0.25, 0.3) is 0 Å². The molecule has 1 aliphatic heterocycles. The molecular formula is C30H47N5O6. The first-order chi connectivity index (χ1) is 19.4. The molecule has 0 saturated heterocycles. The molecule has 4 atom stereocenters. The van der Waals surface area contributed by atoms with Crippen molar-refractivity contribution in [1.82, 2.24) is 15.0 Å². The zero-order valence-corrected chi connectivity index (χ0v) is 25.8. The van der Waals surface area contributed by atoms with Crippen LogP contribution in [0.1, 0.15) is 61.8 Å². The summed E-state index contributed by atoms with van der Waals surface area (Å²) < 4.78 is 17.8. The number of aliphatic hydroxyl groups is 1. The molecule has 1 aromatic heterocycles. The minimum absolute atomic E-state index is 0.0905. The Bertz CT molecular complexity index is 1150. The van der Waals surface area contributed by atoms with Crippen molar-refractivity contribution in [2.24, 2.45) is 5.92 Å². The Morgan fingerprint density at radius 2 is 1.95 bits per heavy atom. The van der Waals surface area contributed by atoms with E-state index in [0.29, 0.717) is 48.2 Å². The number of nitrogens with zero attached hydrogens (tertiary/aromatic N) is 4. The molecule has 0 fully saturated rings. The van der Waals surface area contributed by atoms with Crippen LogP contribution >= 0.6 is 0 Å². The zero-order valence-electron chi connectivity index (χ0n) is 25.8. The number of hydrogen-bond donors (Lipinski definition) is 2. The van der Waals surface area contributed by atoms with E-state index in [1.165, 1.54) is 0 Å². The summed E-state index contributed by atoms with van der Waals surface area (Å²) in [4.78, 5) is 32.4. The minimum Gasteiger partial charge on any atom is -0.490 e. The molecule has 41 heavy (non-hydrogen) atoms. The second-order valence-corrected chi connectivity index (χ2v) is 11.4. The molecule has 0 saturated carbocycles. The number of nitrogens with one attached hydrogen (secondary N) is 1. The van der Waals surface area contributed by atoms with E-state index in [2.05, 4.69) is 10.5 Å². The lowest BCUT2D eigenvalue weighted by atomic mass is 10.0. The maximum Gasteiger partial charge on any atom is 0.321 e. The van der Waals surface area contributed by atoms with Crippen molar-refractivity contribution in [2.45, 2.75) is 72.1 Å². The number of aliphatic hydroxyl groups excluding tert-OH is 1. The Morgan fingerprint density at radius 3 is 2.59 bits per heavy atom. The fraction of sp³-hybridized carbons (Fsp3) is 0.633. The van der Waals surface area contributed by atoms with Crippen molar-refractivity contribution in [1.29, 1.82) is 0 Å². The van der Waals surface area contributed by atoms with Gasteiger partial charge >= 0.3 is 6.03 Å². The number of hydrogen-bond acceptors (Lipinski definition) is 8. The number of urea groups is 1. The number of fused-ring (bicyclic) bond motifs is 1. The number of rotatable bonds is 6. The molecule has 228 valence electrons. The number of ether oxygens (including phenoxy) is 2. The number of benzene rings is 1. The maximum atomic E-state index is 14.1. The monoisotopic (exact) mass is 573 g/mol. The van der Waals surface area contributed by atoms with E-state index in [0.717, 1.165) is 24.9 Å². The molecule has 0 unspecified atom stereocenters. The van der Waals surface area contributed by atoms with Gasteiger partial charge in [0.05, 0.1) is 30.4 Å². The van der Waals surface area contributed by atoms with Gasteiger partial charge in [0.25, 0.3) is 5.91 Å². The Hall–Kier alpha value is -3.31. The third kappa shape index (κ3) is 8.36. The van der Waals surface area contributed by atoms with Gasteiger partial charge in [0.2, 0.25) is 0 Å². The molecule has 3 amide bonds. The summed E-state index contributed by atoms with van der Waals surface area (Å²) >= 11 is 0. The molecule has 3 rings (SSSR count). The van der Waals surface area contributed by atoms with E-state index < -0.39 is 6.04 Å². The zero-order chi connectivity index (χ0) is 30.3. The Morgan fingerprint density at radius 1 is 1.22 bits per heavy atom. The Balaban J connectivity index is 1.89. The van der Waals surface area contributed by atoms with Gasteiger partial charge in [0.15, 0.2) is 5.76 Å². The van der Waals surface area contributed by atoms with Gasteiger partial charge in [-0.2, -0.15) is 0 Å². The van der Waals surface area contributed by atoms with Gasteiger partial charge in [0, 0.05) is 52.4 Å². The highest BCUT2D eigenvalue weighted by atomic mass is 16.5. The molecule has 0 radical (unpaired) electrons. The fourth-order valence-corrected chi connectivity index (χ4v) is 4.87. The van der Waals surface area contributed by atoms with Crippen LogP contribution in [0, 0.1) is 19.8 Å². The molecular weight excluding hydrogens is 526 g/mol. The van der Waals surface area contributed by atoms with Gasteiger partial charge in [-0.25, -0.2) is 4.79 Å². The first-order valence-corrected chi connectivity index (χ1v) is 14.4. The van der Waals surface area contributed by atoms with Gasteiger partial charge < -0.3 is 39.1 Å². The Kier molecular flexibility index (Phi) is 11.4. The number of amides is 3. The van der Waals surface area contributed by atoms with Crippen LogP contribution in [0.5, 0.6) is 5.75 Å². The molecule has 2 N–H and O–H groups in total. The molecule has 0 spiro atoms. The van der Waals surface area contributed by atoms with Crippen molar-refractivity contribution in [2.75, 3.05) is 57.7 Å². The summed E-state index contributed by atoms with van der Waals surface area (Å²) in [6.07, 6.45) is 2.11. The maximum absolute atomic E-state index is 14.1. The summed E-state index contributed by atoms with van der Waals surface area (Å²) in [5.41, 5.74) is 2.50. The second-order valence-electron chi connectivity index (χ2n) is 11.4. The lowest BCUT2D eigenvalue weighted by Crippen LogP contribution is -2.48. The van der Waals surface area contributed by atoms with Crippen LogP contribution in [0.15, 0.2) is 22.7 Å². The molecule has 2 aromatic rings. The third-order valence-corrected chi connectivity index (χ3v) is 7.62. The highest BCUT2D eigenvalue weighted by Gasteiger charge is 2.31. The van der Waals surface area contributed by atoms with Gasteiger partial charge in [-0.15, -0.1) is 0 Å². The second kappa shape index (κ2) is 14.5. The van der Waals surface area contributed by atoms with Crippen molar-refractivity contribution < 1.29 is 28.7 Å². The predicted octanol–water partition coefficient (Wildman–Crippen LogP) is 4.32. The summed E-state index contributed by atoms with van der Waals surface area (Å²) in [6.45, 7) is 10.3. The van der Waals surface area contributed by atoms with E-state index in [9.17, 15) is 14.7 Å². The van der Waals surface area contributed by atoms with Crippen LogP contribution in [0.3, 0.4) is 0 Å². The number of anilines is 2. The quantitative estimate of drug-likeness (QED) is 0.524. The molecule has 0 aliphatic carbocycles. The van der Waals surface area contributed by atoms with Crippen LogP contribution < -0.4 is 15.0 Å². The molecule has 0 bridgehead atoms. The first kappa shape index (κ1) is 32.2. The van der Waals surface area contributed by atoms with Crippen molar-refractivity contribution in [3.63, 3.8) is 0 Å². The summed E-state index contributed by atoms with van der Waals surface area (Å²) in [5, 5.41) is 16.9. The SMILES string of the molecule is Cc1noc(C)c1NC(=O)N(C)C[C@H]1OCCCC[C@@H](C)Oc2ccc(N(C)C)cc2C(=O)N([C@@H](C)CO)C[C@H]1C. The van der Waals surface area contributed by atoms with Crippen LogP contribution in [-0.4, -0.2) is 97.7 Å². The van der Waals surface area contributed by atoms with Crippen molar-refractivity contribution >= 4 is 23.3 Å². The average molecular weight is 574 g/mol. The molecule has 11 heteroatoms. The topological polar surface area (TPSA) is 121 Å². The predicted molar refractivity (Wildman–Crippen MR) is 159 cm³/mol. The minimum atomic E-state index is -0.438. The Labute approximate surface area is 243 Å². The lowest BCUT2D eigenvalue weighted by molar-refractivity contribution is -0.0115. The fourth-order valence-electron chi connectivity index (χ4n) is 4.87. The lowest BCUT2D eigenvalue weighted by Gasteiger charge is -2.36. The smallest absolute Gasteiger partial charge is 0.321 e. The van der Waals surface area contributed by atoms with Crippen LogP contribution in [0.2, 0.25) is 0 Å². The highest BCUT2D eigenvalue weighted by Crippen LogP contribution is 2.29. The van der Waals surface area contributed by atoms with Gasteiger partial charge in [-0.05, 0) is 65.2 Å². The highest BCUT2D eigenvalue weighted by molar-refractivity contribution is 5.98. The van der Waals surface area contributed by atoms with Crippen molar-refractivity contribution in [3.05, 3.63) is 35.2 Å². The van der Waals surface area contributed by atoms with E-state index in [1.54, 1.807) is 30.7 Å². The molecule has 1 aliphatic rings. The summed E-state index contributed by atoms with van der Waals surface area (Å²) in [7, 11) is 5.57. The van der Waals surface area contributed by atoms with Gasteiger partial charge in [0.1, 0.15) is 17.1 Å². The largest absolute Gasteiger partial charge is 0.490 e.